The van der Waals surface area contributed by atoms with Crippen LogP contribution in [0.5, 0.6) is 0 Å². The van der Waals surface area contributed by atoms with Gasteiger partial charge in [0.15, 0.2) is 0 Å². The second-order valence-electron chi connectivity index (χ2n) is 5.13. The van der Waals surface area contributed by atoms with Gasteiger partial charge in [-0.2, -0.15) is 0 Å². The van der Waals surface area contributed by atoms with Crippen molar-refractivity contribution in [1.82, 2.24) is 0 Å². The summed E-state index contributed by atoms with van der Waals surface area (Å²) in [7, 11) is 0. The van der Waals surface area contributed by atoms with E-state index in [0.717, 1.165) is 10.6 Å². The van der Waals surface area contributed by atoms with Crippen LogP contribution in [0.3, 0.4) is 0 Å². The van der Waals surface area contributed by atoms with Gasteiger partial charge in [0.2, 0.25) is 11.8 Å². The van der Waals surface area contributed by atoms with Crippen molar-refractivity contribution in [3.63, 3.8) is 0 Å². The molecule has 0 saturated heterocycles. The molecule has 3 rings (SSSR count). The fourth-order valence-corrected chi connectivity index (χ4v) is 3.45. The highest BCUT2D eigenvalue weighted by molar-refractivity contribution is 8.01. The molecule has 0 radical (unpaired) electrons. The van der Waals surface area contributed by atoms with Crippen molar-refractivity contribution in [1.29, 1.82) is 0 Å². The van der Waals surface area contributed by atoms with E-state index in [0.29, 0.717) is 0 Å². The zero-order valence-electron chi connectivity index (χ0n) is 12.4. The number of anilines is 3. The molecule has 0 fully saturated rings. The van der Waals surface area contributed by atoms with E-state index in [9.17, 15) is 14.8 Å². The molecule has 124 valence electrons. The fourth-order valence-electron chi connectivity index (χ4n) is 2.34. The van der Waals surface area contributed by atoms with Gasteiger partial charge in [0, 0.05) is 11.3 Å². The highest BCUT2D eigenvalue weighted by Crippen LogP contribution is 2.36. The van der Waals surface area contributed by atoms with Crippen LogP contribution < -0.4 is 15.9 Å². The van der Waals surface area contributed by atoms with Gasteiger partial charge in [0.25, 0.3) is 0 Å². The molecule has 24 heavy (non-hydrogen) atoms. The number of amides is 2. The largest absolute Gasteiger partial charge is 0.733 e. The number of hydrogen-bond acceptors (Lipinski definition) is 6. The molecule has 7 nitrogen and oxygen atoms in total. The van der Waals surface area contributed by atoms with Crippen molar-refractivity contribution in [3.05, 3.63) is 53.7 Å². The van der Waals surface area contributed by atoms with Crippen molar-refractivity contribution < 1.29 is 14.8 Å². The summed E-state index contributed by atoms with van der Waals surface area (Å²) < 4.78 is 0. The molecule has 3 N–H and O–H groups in total. The maximum absolute atomic E-state index is 12.2. The molecule has 1 unspecified atom stereocenters. The van der Waals surface area contributed by atoms with E-state index in [1.54, 1.807) is 18.2 Å². The number of nitrogens with one attached hydrogen (secondary N) is 2. The Morgan fingerprint density at radius 1 is 1.25 bits per heavy atom. The first kappa shape index (κ1) is 16.3. The fraction of sp³-hybridized carbons (Fsp3) is 0.125. The Bertz CT molecular complexity index is 781. The van der Waals surface area contributed by atoms with Gasteiger partial charge < -0.3 is 21.1 Å². The summed E-state index contributed by atoms with van der Waals surface area (Å²) in [6.07, 6.45) is -0.0521. The zero-order valence-corrected chi connectivity index (χ0v) is 13.2. The smallest absolute Gasteiger partial charge is 0.238 e. The Hall–Kier alpha value is -2.55. The normalized spacial score (nSPS) is 16.1. The molecule has 0 saturated carbocycles. The van der Waals surface area contributed by atoms with Crippen LogP contribution in [0.1, 0.15) is 6.42 Å². The van der Waals surface area contributed by atoms with Crippen molar-refractivity contribution in [2.45, 2.75) is 16.6 Å². The number of carbonyl (C=O) groups is 2. The molecule has 2 amide bonds. The lowest BCUT2D eigenvalue weighted by molar-refractivity contribution is -0.120. The van der Waals surface area contributed by atoms with Gasteiger partial charge in [0.1, 0.15) is 0 Å². The molecule has 1 aliphatic rings. The van der Waals surface area contributed by atoms with Crippen LogP contribution in [0.2, 0.25) is 0 Å². The summed E-state index contributed by atoms with van der Waals surface area (Å²) in [6.45, 7) is 0. The van der Waals surface area contributed by atoms with E-state index in [2.05, 4.69) is 10.6 Å². The van der Waals surface area contributed by atoms with Gasteiger partial charge in [-0.25, -0.2) is 0 Å². The SMILES string of the molecule is O=C(CC1Sc2ccccc2NC1=O)Nc1ccccc1N([O-])O. The van der Waals surface area contributed by atoms with Crippen LogP contribution in [0, 0.1) is 5.21 Å². The van der Waals surface area contributed by atoms with E-state index in [1.807, 2.05) is 18.2 Å². The lowest BCUT2D eigenvalue weighted by Gasteiger charge is -2.25. The molecule has 0 aromatic heterocycles. The quantitative estimate of drug-likeness (QED) is 0.737. The first-order chi connectivity index (χ1) is 11.5. The summed E-state index contributed by atoms with van der Waals surface area (Å²) in [5.74, 6) is -0.661. The van der Waals surface area contributed by atoms with Crippen LogP contribution in [0.4, 0.5) is 17.1 Å². The van der Waals surface area contributed by atoms with Crippen LogP contribution in [0.25, 0.3) is 0 Å². The van der Waals surface area contributed by atoms with Crippen LogP contribution in [-0.4, -0.2) is 22.3 Å². The zero-order chi connectivity index (χ0) is 17.1. The van der Waals surface area contributed by atoms with Gasteiger partial charge in [-0.15, -0.1) is 11.8 Å². The third kappa shape index (κ3) is 3.51. The summed E-state index contributed by atoms with van der Waals surface area (Å²) >= 11 is 1.32. The number of nitrogens with zero attached hydrogens (tertiary/aromatic N) is 1. The minimum Gasteiger partial charge on any atom is -0.733 e. The average molecular weight is 344 g/mol. The average Bonchev–Trinajstić information content (AvgIpc) is 2.55. The maximum atomic E-state index is 12.2. The van der Waals surface area contributed by atoms with Crippen LogP contribution >= 0.6 is 11.8 Å². The van der Waals surface area contributed by atoms with Crippen LogP contribution in [0.15, 0.2) is 53.4 Å². The molecule has 1 atom stereocenters. The molecule has 2 aromatic carbocycles. The molecule has 1 heterocycles. The third-order valence-corrected chi connectivity index (χ3v) is 4.74. The summed E-state index contributed by atoms with van der Waals surface area (Å²) in [4.78, 5) is 25.2. The number of thioether (sulfide) groups is 1. The summed E-state index contributed by atoms with van der Waals surface area (Å²) in [6, 6.07) is 13.4. The van der Waals surface area contributed by atoms with Gasteiger partial charge >= 0.3 is 0 Å². The molecule has 0 bridgehead atoms. The second-order valence-corrected chi connectivity index (χ2v) is 6.38. The van der Waals surface area contributed by atoms with Crippen molar-refractivity contribution in [2.75, 3.05) is 15.9 Å². The first-order valence-corrected chi connectivity index (χ1v) is 8.04. The van der Waals surface area contributed by atoms with Gasteiger partial charge in [-0.1, -0.05) is 24.3 Å². The van der Waals surface area contributed by atoms with Crippen molar-refractivity contribution in [2.24, 2.45) is 0 Å². The molecule has 0 spiro atoms. The molecular formula is C16H14N3O4S-. The standard InChI is InChI=1S/C16H14N3O4S/c20-15(17-10-5-1-3-7-12(10)19(22)23)9-14-16(21)18-11-6-2-4-8-13(11)24-14/h1-8,14,22H,9H2,(H,17,20)(H,18,21)/q-1. The monoisotopic (exact) mass is 344 g/mol. The Balaban J connectivity index is 1.69. The van der Waals surface area contributed by atoms with E-state index < -0.39 is 11.2 Å². The predicted octanol–water partition coefficient (Wildman–Crippen LogP) is 2.82. The Morgan fingerprint density at radius 2 is 1.96 bits per heavy atom. The van der Waals surface area contributed by atoms with Crippen LogP contribution in [-0.2, 0) is 9.59 Å². The Morgan fingerprint density at radius 3 is 2.75 bits per heavy atom. The highest BCUT2D eigenvalue weighted by Gasteiger charge is 2.28. The second kappa shape index (κ2) is 6.91. The van der Waals surface area contributed by atoms with Gasteiger partial charge in [-0.05, 0) is 24.3 Å². The van der Waals surface area contributed by atoms with Crippen molar-refractivity contribution in [3.8, 4) is 0 Å². The van der Waals surface area contributed by atoms with E-state index >= 15 is 0 Å². The number of rotatable bonds is 4. The minimum atomic E-state index is -0.565. The number of fused-ring (bicyclic) bond motifs is 1. The third-order valence-electron chi connectivity index (χ3n) is 3.46. The number of benzene rings is 2. The molecule has 8 heteroatoms. The summed E-state index contributed by atoms with van der Waals surface area (Å²) in [5.41, 5.74) is 0.843. The minimum absolute atomic E-state index is 0.0521. The van der Waals surface area contributed by atoms with E-state index in [-0.39, 0.29) is 28.9 Å². The topological polar surface area (TPSA) is 105 Å². The van der Waals surface area contributed by atoms with Gasteiger partial charge in [0.05, 0.1) is 22.3 Å². The van der Waals surface area contributed by atoms with E-state index in [1.165, 1.54) is 23.9 Å². The molecule has 1 aliphatic heterocycles. The highest BCUT2D eigenvalue weighted by atomic mass is 32.2. The Kier molecular flexibility index (Phi) is 4.70. The lowest BCUT2D eigenvalue weighted by Crippen LogP contribution is -2.32. The molecule has 2 aromatic rings. The lowest BCUT2D eigenvalue weighted by atomic mass is 10.2. The first-order valence-electron chi connectivity index (χ1n) is 7.16. The molecular weight excluding hydrogens is 330 g/mol. The van der Waals surface area contributed by atoms with Crippen molar-refractivity contribution >= 4 is 40.6 Å². The number of hydrogen-bond donors (Lipinski definition) is 3. The molecule has 0 aliphatic carbocycles. The predicted molar refractivity (Wildman–Crippen MR) is 92.0 cm³/mol. The number of para-hydroxylation sites is 3. The Labute approximate surface area is 142 Å². The summed E-state index contributed by atoms with van der Waals surface area (Å²) in [5, 5.41) is 24.6. The maximum Gasteiger partial charge on any atom is 0.238 e. The number of carbonyl (C=O) groups excluding carboxylic acids is 2. The van der Waals surface area contributed by atoms with E-state index in [4.69, 9.17) is 5.21 Å². The van der Waals surface area contributed by atoms with Gasteiger partial charge in [-0.3, -0.25) is 14.8 Å².